The monoisotopic (exact) mass is 798 g/mol. The van der Waals surface area contributed by atoms with E-state index in [1.54, 1.807) is 4.57 Å². The molecule has 290 valence electrons. The zero-order valence-electron chi connectivity index (χ0n) is 39.0. The third-order valence-corrected chi connectivity index (χ3v) is 11.4. The van der Waals surface area contributed by atoms with Gasteiger partial charge in [-0.25, -0.2) is 15.0 Å². The maximum absolute atomic E-state index is 9.37. The van der Waals surface area contributed by atoms with Gasteiger partial charge in [0.25, 0.3) is 0 Å². The molecule has 0 spiro atoms. The average molecular weight is 799 g/mol. The summed E-state index contributed by atoms with van der Waals surface area (Å²) in [6, 6.07) is 57.8. The molecule has 3 aromatic heterocycles. The quantitative estimate of drug-likeness (QED) is 0.161. The number of hydrogen-bond acceptors (Lipinski definition) is 4. The molecule has 5 heteroatoms. The summed E-state index contributed by atoms with van der Waals surface area (Å²) in [6.07, 6.45) is 0. The summed E-state index contributed by atoms with van der Waals surface area (Å²) >= 11 is 0. The molecule has 9 aromatic carbocycles. The van der Waals surface area contributed by atoms with Crippen molar-refractivity contribution in [1.82, 2.24) is 19.5 Å². The third-order valence-electron chi connectivity index (χ3n) is 11.4. The van der Waals surface area contributed by atoms with Crippen LogP contribution in [0.1, 0.15) is 8.22 Å². The van der Waals surface area contributed by atoms with Gasteiger partial charge in [0.1, 0.15) is 11.2 Å². The summed E-state index contributed by atoms with van der Waals surface area (Å²) in [5.74, 6) is 1.27. The van der Waals surface area contributed by atoms with Crippen LogP contribution >= 0.6 is 0 Å². The molecule has 0 unspecified atom stereocenters. The number of fused-ring (bicyclic) bond motifs is 6. The van der Waals surface area contributed by atoms with E-state index in [0.717, 1.165) is 49.7 Å². The third kappa shape index (κ3) is 6.06. The summed E-state index contributed by atoms with van der Waals surface area (Å²) in [5, 5.41) is 2.17. The van der Waals surface area contributed by atoms with E-state index >= 15 is 0 Å². The van der Waals surface area contributed by atoms with E-state index in [0.29, 0.717) is 45.5 Å². The van der Waals surface area contributed by atoms with Crippen molar-refractivity contribution in [3.8, 4) is 73.2 Å². The van der Waals surface area contributed by atoms with Gasteiger partial charge in [-0.1, -0.05) is 188 Å². The summed E-state index contributed by atoms with van der Waals surface area (Å²) in [6.45, 7) is 0. The maximum Gasteiger partial charge on any atom is 0.164 e. The van der Waals surface area contributed by atoms with Crippen LogP contribution in [-0.2, 0) is 0 Å². The predicted octanol–water partition coefficient (Wildman–Crippen LogP) is 14.9. The van der Waals surface area contributed by atoms with Crippen molar-refractivity contribution in [1.29, 1.82) is 0 Å². The van der Waals surface area contributed by atoms with Crippen LogP contribution in [0.15, 0.2) is 223 Å². The summed E-state index contributed by atoms with van der Waals surface area (Å²) in [5.41, 5.74) is 10.1. The van der Waals surface area contributed by atoms with Gasteiger partial charge < -0.3 is 8.98 Å². The molecule has 0 radical (unpaired) electrons. The van der Waals surface area contributed by atoms with Gasteiger partial charge in [0.15, 0.2) is 17.5 Å². The minimum absolute atomic E-state index is 0.0668. The Balaban J connectivity index is 1.15. The van der Waals surface area contributed by atoms with Crippen molar-refractivity contribution in [3.63, 3.8) is 0 Å². The van der Waals surface area contributed by atoms with Crippen LogP contribution in [0.25, 0.3) is 117 Å². The molecule has 0 aliphatic rings. The van der Waals surface area contributed by atoms with Crippen molar-refractivity contribution in [2.75, 3.05) is 0 Å². The normalized spacial score (nSPS) is 12.9. The lowest BCUT2D eigenvalue weighted by Crippen LogP contribution is -2.02. The van der Waals surface area contributed by atoms with E-state index in [1.807, 2.05) is 121 Å². The van der Waals surface area contributed by atoms with Gasteiger partial charge in [0.2, 0.25) is 0 Å². The highest BCUT2D eigenvalue weighted by atomic mass is 16.3. The lowest BCUT2D eigenvalue weighted by Gasteiger charge is -2.16. The van der Waals surface area contributed by atoms with Gasteiger partial charge in [-0.05, 0) is 52.5 Å². The Kier molecular flexibility index (Phi) is 7.05. The SMILES string of the molecule is [2H]c1cc([2H])c2c(c1[2H])c1c([2H])c([2H])cc([2H])c1n2-c1cc(-c2nc(-c3ccc(-c4ccccc4)cc3)nc(-c3cccc(-c4ccccc4)c3)n2)ccc1-c1cccc2c1oc1ccccc12. The second-order valence-corrected chi connectivity index (χ2v) is 15.1. The topological polar surface area (TPSA) is 56.7 Å². The minimum Gasteiger partial charge on any atom is -0.455 e. The van der Waals surface area contributed by atoms with Crippen LogP contribution in [0.3, 0.4) is 0 Å². The highest BCUT2D eigenvalue weighted by Gasteiger charge is 2.21. The Morgan fingerprint density at radius 1 is 0.371 bits per heavy atom. The molecule has 0 aliphatic heterocycles. The van der Waals surface area contributed by atoms with Crippen LogP contribution in [0.2, 0.25) is 0 Å². The van der Waals surface area contributed by atoms with Crippen LogP contribution in [-0.4, -0.2) is 19.5 Å². The first-order valence-corrected chi connectivity index (χ1v) is 20.3. The van der Waals surface area contributed by atoms with Gasteiger partial charge >= 0.3 is 0 Å². The molecule has 0 amide bonds. The van der Waals surface area contributed by atoms with Crippen LogP contribution in [0.5, 0.6) is 0 Å². The number of para-hydroxylation sites is 4. The van der Waals surface area contributed by atoms with Crippen LogP contribution in [0, 0.1) is 0 Å². The summed E-state index contributed by atoms with van der Waals surface area (Å²) < 4.78 is 62.7. The Morgan fingerprint density at radius 3 is 1.60 bits per heavy atom. The molecule has 12 rings (SSSR count). The number of rotatable bonds is 7. The lowest BCUT2D eigenvalue weighted by molar-refractivity contribution is 0.670. The lowest BCUT2D eigenvalue weighted by atomic mass is 9.98. The zero-order chi connectivity index (χ0) is 46.2. The Hall–Kier alpha value is -8.41. The van der Waals surface area contributed by atoms with E-state index in [1.165, 1.54) is 12.1 Å². The molecule has 12 aromatic rings. The zero-order valence-corrected chi connectivity index (χ0v) is 33.0. The van der Waals surface area contributed by atoms with Gasteiger partial charge in [-0.15, -0.1) is 0 Å². The van der Waals surface area contributed by atoms with E-state index < -0.39 is 0 Å². The first kappa shape index (κ1) is 29.7. The molecule has 0 atom stereocenters. The Labute approximate surface area is 366 Å². The second-order valence-electron chi connectivity index (χ2n) is 15.1. The molecular formula is C57H36N4O. The number of nitrogens with zero attached hydrogens (tertiary/aromatic N) is 4. The van der Waals surface area contributed by atoms with E-state index in [4.69, 9.17) is 24.9 Å². The largest absolute Gasteiger partial charge is 0.455 e. The van der Waals surface area contributed by atoms with Crippen molar-refractivity contribution in [2.24, 2.45) is 0 Å². The number of aromatic nitrogens is 4. The van der Waals surface area contributed by atoms with Crippen molar-refractivity contribution in [3.05, 3.63) is 218 Å². The maximum atomic E-state index is 9.37. The van der Waals surface area contributed by atoms with Gasteiger partial charge in [-0.2, -0.15) is 0 Å². The highest BCUT2D eigenvalue weighted by molar-refractivity contribution is 6.12. The van der Waals surface area contributed by atoms with Crippen LogP contribution < -0.4 is 0 Å². The van der Waals surface area contributed by atoms with E-state index in [9.17, 15) is 2.74 Å². The second kappa shape index (κ2) is 14.7. The predicted molar refractivity (Wildman–Crippen MR) is 254 cm³/mol. The first-order chi connectivity index (χ1) is 33.2. The van der Waals surface area contributed by atoms with Gasteiger partial charge in [-0.3, -0.25) is 0 Å². The number of benzene rings is 9. The number of hydrogen-bond donors (Lipinski definition) is 0. The molecule has 0 saturated carbocycles. The molecule has 5 nitrogen and oxygen atoms in total. The molecule has 0 N–H and O–H groups in total. The Bertz CT molecular complexity index is 3910. The summed E-state index contributed by atoms with van der Waals surface area (Å²) in [4.78, 5) is 15.4. The molecule has 0 saturated heterocycles. The van der Waals surface area contributed by atoms with Crippen molar-refractivity contribution >= 4 is 43.7 Å². The van der Waals surface area contributed by atoms with Gasteiger partial charge in [0.05, 0.1) is 24.9 Å². The minimum atomic E-state index is -0.196. The van der Waals surface area contributed by atoms with E-state index in [2.05, 4.69) is 48.5 Å². The van der Waals surface area contributed by atoms with Crippen molar-refractivity contribution in [2.45, 2.75) is 0 Å². The molecule has 62 heavy (non-hydrogen) atoms. The fourth-order valence-corrected chi connectivity index (χ4v) is 8.47. The van der Waals surface area contributed by atoms with Crippen LogP contribution in [0.4, 0.5) is 0 Å². The molecule has 0 fully saturated rings. The Morgan fingerprint density at radius 2 is 0.887 bits per heavy atom. The fraction of sp³-hybridized carbons (Fsp3) is 0. The van der Waals surface area contributed by atoms with Crippen molar-refractivity contribution < 1.29 is 12.6 Å². The molecule has 0 aliphatic carbocycles. The highest BCUT2D eigenvalue weighted by Crippen LogP contribution is 2.42. The molecule has 0 bridgehead atoms. The number of furan rings is 1. The molecule has 3 heterocycles. The standard InChI is InChI=1S/C57H36N4O/c1-3-15-37(16-4-1)39-29-31-40(32-30-39)55-58-56(42-20-13-19-41(35-42)38-17-5-2-6-18-38)60-57(59-55)43-33-34-46(48-24-14-25-49-47-23-9-12-28-53(47)62-54(48)49)52(36-43)61-50-26-10-7-21-44(50)45-22-8-11-27-51(45)61/h1-36H/i7D,8D,21D,22D,26D,27D. The average Bonchev–Trinajstić information content (AvgIpc) is 3.96. The molecular weight excluding hydrogens is 757 g/mol. The van der Waals surface area contributed by atoms with E-state index in [-0.39, 0.29) is 58.1 Å². The van der Waals surface area contributed by atoms with Gasteiger partial charge in [0, 0.05) is 49.4 Å². The fourth-order valence-electron chi connectivity index (χ4n) is 8.47. The summed E-state index contributed by atoms with van der Waals surface area (Å²) in [7, 11) is 0. The first-order valence-electron chi connectivity index (χ1n) is 23.3. The smallest absolute Gasteiger partial charge is 0.164 e.